The summed E-state index contributed by atoms with van der Waals surface area (Å²) < 4.78 is 2.17. The number of rotatable bonds is 3. The normalized spacial score (nSPS) is 11.1. The molecular weight excluding hydrogens is 234 g/mol. The summed E-state index contributed by atoms with van der Waals surface area (Å²) >= 11 is 0. The molecule has 0 atom stereocenters. The minimum absolute atomic E-state index is 0.832. The highest BCUT2D eigenvalue weighted by Gasteiger charge is 2.15. The molecule has 0 saturated carbocycles. The fourth-order valence-electron chi connectivity index (χ4n) is 2.46. The lowest BCUT2D eigenvalue weighted by Gasteiger charge is -2.11. The Bertz CT molecular complexity index is 609. The van der Waals surface area contributed by atoms with E-state index in [0.717, 1.165) is 18.1 Å². The third-order valence-electron chi connectivity index (χ3n) is 3.88. The van der Waals surface area contributed by atoms with E-state index in [1.54, 1.807) is 0 Å². The summed E-state index contributed by atoms with van der Waals surface area (Å²) in [5, 5.41) is 3.23. The van der Waals surface area contributed by atoms with E-state index in [0.29, 0.717) is 0 Å². The van der Waals surface area contributed by atoms with Crippen molar-refractivity contribution >= 4 is 0 Å². The number of aryl methyl sites for hydroxylation is 4. The molecule has 1 aromatic heterocycles. The topological polar surface area (TPSA) is 29.9 Å². The highest BCUT2D eigenvalue weighted by atomic mass is 15.1. The smallest absolute Gasteiger partial charge is 0.106 e. The molecule has 3 heteroatoms. The van der Waals surface area contributed by atoms with Gasteiger partial charge in [0.15, 0.2) is 0 Å². The van der Waals surface area contributed by atoms with Gasteiger partial charge in [0, 0.05) is 19.2 Å². The van der Waals surface area contributed by atoms with Crippen molar-refractivity contribution in [3.05, 3.63) is 40.3 Å². The lowest BCUT2D eigenvalue weighted by molar-refractivity contribution is 0.722. The maximum absolute atomic E-state index is 4.75. The largest absolute Gasteiger partial charge is 0.334 e. The Kier molecular flexibility index (Phi) is 3.76. The van der Waals surface area contributed by atoms with Crippen molar-refractivity contribution < 1.29 is 0 Å². The molecule has 102 valence electrons. The third-order valence-corrected chi connectivity index (χ3v) is 3.88. The molecule has 1 aromatic carbocycles. The third kappa shape index (κ3) is 2.43. The van der Waals surface area contributed by atoms with Gasteiger partial charge < -0.3 is 9.88 Å². The van der Waals surface area contributed by atoms with E-state index in [-0.39, 0.29) is 0 Å². The number of hydrogen-bond acceptors (Lipinski definition) is 2. The standard InChI is InChI=1S/C16H23N3/c1-10-7-12(3)14(8-11(10)2)16-15(9-17-5)19(6)13(4)18-16/h7-8,17H,9H2,1-6H3. The number of benzene rings is 1. The van der Waals surface area contributed by atoms with Gasteiger partial charge in [-0.3, -0.25) is 0 Å². The fourth-order valence-corrected chi connectivity index (χ4v) is 2.46. The van der Waals surface area contributed by atoms with Crippen molar-refractivity contribution in [2.45, 2.75) is 34.2 Å². The summed E-state index contributed by atoms with van der Waals surface area (Å²) in [5.74, 6) is 1.05. The quantitative estimate of drug-likeness (QED) is 0.916. The van der Waals surface area contributed by atoms with E-state index in [4.69, 9.17) is 4.98 Å². The molecule has 0 fully saturated rings. The number of nitrogens with one attached hydrogen (secondary N) is 1. The van der Waals surface area contributed by atoms with Crippen LogP contribution in [0.5, 0.6) is 0 Å². The van der Waals surface area contributed by atoms with Gasteiger partial charge in [0.05, 0.1) is 11.4 Å². The molecule has 0 unspecified atom stereocenters. The van der Waals surface area contributed by atoms with Crippen molar-refractivity contribution in [3.8, 4) is 11.3 Å². The Hall–Kier alpha value is -1.61. The Balaban J connectivity index is 2.65. The van der Waals surface area contributed by atoms with Crippen LogP contribution in [0.15, 0.2) is 12.1 Å². The molecule has 0 bridgehead atoms. The average Bonchev–Trinajstić information content (AvgIpc) is 2.62. The number of imidazole rings is 1. The summed E-state index contributed by atoms with van der Waals surface area (Å²) in [5.41, 5.74) is 7.54. The van der Waals surface area contributed by atoms with Crippen LogP contribution in [0.3, 0.4) is 0 Å². The van der Waals surface area contributed by atoms with Gasteiger partial charge in [-0.1, -0.05) is 6.07 Å². The predicted molar refractivity (Wildman–Crippen MR) is 80.4 cm³/mol. The summed E-state index contributed by atoms with van der Waals surface area (Å²) in [6.07, 6.45) is 0. The minimum atomic E-state index is 0.832. The second-order valence-electron chi connectivity index (χ2n) is 5.30. The van der Waals surface area contributed by atoms with Crippen LogP contribution in [-0.2, 0) is 13.6 Å². The first-order chi connectivity index (χ1) is 8.95. The number of hydrogen-bond donors (Lipinski definition) is 1. The lowest BCUT2D eigenvalue weighted by atomic mass is 9.98. The van der Waals surface area contributed by atoms with Gasteiger partial charge in [-0.2, -0.15) is 0 Å². The summed E-state index contributed by atoms with van der Waals surface area (Å²) in [4.78, 5) is 4.75. The zero-order valence-electron chi connectivity index (χ0n) is 12.8. The molecule has 2 aromatic rings. The van der Waals surface area contributed by atoms with E-state index >= 15 is 0 Å². The first-order valence-corrected chi connectivity index (χ1v) is 6.70. The molecule has 0 aliphatic heterocycles. The maximum atomic E-state index is 4.75. The van der Waals surface area contributed by atoms with Crippen molar-refractivity contribution in [2.24, 2.45) is 7.05 Å². The summed E-state index contributed by atoms with van der Waals surface area (Å²) in [7, 11) is 4.05. The molecule has 2 rings (SSSR count). The van der Waals surface area contributed by atoms with Crippen molar-refractivity contribution in [1.29, 1.82) is 0 Å². The van der Waals surface area contributed by atoms with Crippen molar-refractivity contribution in [1.82, 2.24) is 14.9 Å². The molecule has 1 N–H and O–H groups in total. The molecule has 3 nitrogen and oxygen atoms in total. The van der Waals surface area contributed by atoms with Gasteiger partial charge >= 0.3 is 0 Å². The predicted octanol–water partition coefficient (Wildman–Crippen LogP) is 3.04. The number of aromatic nitrogens is 2. The first-order valence-electron chi connectivity index (χ1n) is 6.70. The zero-order valence-corrected chi connectivity index (χ0v) is 12.8. The SMILES string of the molecule is CNCc1c(-c2cc(C)c(C)cc2C)nc(C)n1C. The molecule has 0 aliphatic rings. The van der Waals surface area contributed by atoms with Gasteiger partial charge in [0.1, 0.15) is 5.82 Å². The summed E-state index contributed by atoms with van der Waals surface area (Å²) in [6, 6.07) is 4.50. The maximum Gasteiger partial charge on any atom is 0.106 e. The molecule has 0 radical (unpaired) electrons. The van der Waals surface area contributed by atoms with Crippen molar-refractivity contribution in [2.75, 3.05) is 7.05 Å². The Morgan fingerprint density at radius 2 is 1.68 bits per heavy atom. The van der Waals surface area contributed by atoms with Gasteiger partial charge in [-0.05, 0) is 57.5 Å². The van der Waals surface area contributed by atoms with E-state index in [9.17, 15) is 0 Å². The molecule has 1 heterocycles. The van der Waals surface area contributed by atoms with E-state index in [2.05, 4.69) is 56.8 Å². The molecule has 0 spiro atoms. The summed E-state index contributed by atoms with van der Waals surface area (Å²) in [6.45, 7) is 9.36. The second kappa shape index (κ2) is 5.17. The van der Waals surface area contributed by atoms with Crippen LogP contribution >= 0.6 is 0 Å². The van der Waals surface area contributed by atoms with Crippen LogP contribution in [0.4, 0.5) is 0 Å². The van der Waals surface area contributed by atoms with Gasteiger partial charge in [-0.25, -0.2) is 4.98 Å². The van der Waals surface area contributed by atoms with Gasteiger partial charge in [0.25, 0.3) is 0 Å². The van der Waals surface area contributed by atoms with Crippen molar-refractivity contribution in [3.63, 3.8) is 0 Å². The van der Waals surface area contributed by atoms with Gasteiger partial charge in [0.2, 0.25) is 0 Å². The zero-order chi connectivity index (χ0) is 14.2. The average molecular weight is 257 g/mol. The van der Waals surface area contributed by atoms with E-state index in [1.807, 2.05) is 7.05 Å². The first kappa shape index (κ1) is 13.8. The monoisotopic (exact) mass is 257 g/mol. The van der Waals surface area contributed by atoms with Gasteiger partial charge in [-0.15, -0.1) is 0 Å². The molecular formula is C16H23N3. The van der Waals surface area contributed by atoms with Crippen LogP contribution in [0.25, 0.3) is 11.3 Å². The Morgan fingerprint density at radius 1 is 1.05 bits per heavy atom. The molecule has 19 heavy (non-hydrogen) atoms. The highest BCUT2D eigenvalue weighted by Crippen LogP contribution is 2.29. The molecule has 0 amide bonds. The van der Waals surface area contributed by atoms with E-state index < -0.39 is 0 Å². The number of nitrogens with zero attached hydrogens (tertiary/aromatic N) is 2. The van der Waals surface area contributed by atoms with Crippen LogP contribution in [0.2, 0.25) is 0 Å². The van der Waals surface area contributed by atoms with Crippen LogP contribution in [0.1, 0.15) is 28.2 Å². The Morgan fingerprint density at radius 3 is 2.32 bits per heavy atom. The fraction of sp³-hybridized carbons (Fsp3) is 0.438. The molecule has 0 aliphatic carbocycles. The lowest BCUT2D eigenvalue weighted by Crippen LogP contribution is -2.10. The van der Waals surface area contributed by atoms with Crippen LogP contribution in [-0.4, -0.2) is 16.6 Å². The van der Waals surface area contributed by atoms with Crippen LogP contribution in [0, 0.1) is 27.7 Å². The minimum Gasteiger partial charge on any atom is -0.334 e. The highest BCUT2D eigenvalue weighted by molar-refractivity contribution is 5.68. The van der Waals surface area contributed by atoms with Crippen LogP contribution < -0.4 is 5.32 Å². The molecule has 0 saturated heterocycles. The second-order valence-corrected chi connectivity index (χ2v) is 5.30. The Labute approximate surface area is 115 Å². The van der Waals surface area contributed by atoms with E-state index in [1.165, 1.54) is 27.9 Å².